The summed E-state index contributed by atoms with van der Waals surface area (Å²) in [4.78, 5) is 14.3. The molecule has 2 rings (SSSR count). The van der Waals surface area contributed by atoms with Gasteiger partial charge < -0.3 is 14.8 Å². The van der Waals surface area contributed by atoms with Gasteiger partial charge in [0.15, 0.2) is 5.69 Å². The van der Waals surface area contributed by atoms with E-state index in [0.717, 1.165) is 12.0 Å². The van der Waals surface area contributed by atoms with Gasteiger partial charge >= 0.3 is 5.97 Å². The molecule has 0 fully saturated rings. The van der Waals surface area contributed by atoms with Crippen molar-refractivity contribution in [2.45, 2.75) is 6.54 Å². The van der Waals surface area contributed by atoms with Crippen LogP contribution in [0.3, 0.4) is 0 Å². The number of nitrogens with one attached hydrogen (secondary N) is 1. The summed E-state index contributed by atoms with van der Waals surface area (Å²) in [6.45, 7) is 0.358. The molecular formula is C11H10N2O3. The largest absolute Gasteiger partial charge is 0.476 e. The first-order chi connectivity index (χ1) is 7.75. The molecule has 5 nitrogen and oxygen atoms in total. The summed E-state index contributed by atoms with van der Waals surface area (Å²) in [6, 6.07) is 9.53. The highest BCUT2D eigenvalue weighted by Gasteiger charge is 2.09. The van der Waals surface area contributed by atoms with Crippen molar-refractivity contribution in [3.63, 3.8) is 0 Å². The van der Waals surface area contributed by atoms with Crippen molar-refractivity contribution in [2.24, 2.45) is 0 Å². The van der Waals surface area contributed by atoms with Crippen LogP contribution in [0.5, 0.6) is 0 Å². The highest BCUT2D eigenvalue weighted by Crippen LogP contribution is 2.08. The van der Waals surface area contributed by atoms with Gasteiger partial charge in [0.25, 0.3) is 0 Å². The van der Waals surface area contributed by atoms with Crippen LogP contribution in [0.2, 0.25) is 0 Å². The summed E-state index contributed by atoms with van der Waals surface area (Å²) in [6.07, 6.45) is 1.13. The Morgan fingerprint density at radius 2 is 2.12 bits per heavy atom. The number of benzene rings is 1. The average Bonchev–Trinajstić information content (AvgIpc) is 2.76. The Balaban J connectivity index is 1.97. The lowest BCUT2D eigenvalue weighted by Crippen LogP contribution is -2.01. The van der Waals surface area contributed by atoms with Crippen molar-refractivity contribution < 1.29 is 14.3 Å². The van der Waals surface area contributed by atoms with E-state index in [1.165, 1.54) is 0 Å². The Bertz CT molecular complexity index is 479. The predicted molar refractivity (Wildman–Crippen MR) is 57.2 cm³/mol. The van der Waals surface area contributed by atoms with Gasteiger partial charge in [-0.1, -0.05) is 18.2 Å². The van der Waals surface area contributed by atoms with Crippen LogP contribution in [0.15, 0.2) is 41.0 Å². The molecule has 0 amide bonds. The fraction of sp³-hybridized carbons (Fsp3) is 0.0909. The van der Waals surface area contributed by atoms with Gasteiger partial charge in [-0.3, -0.25) is 0 Å². The number of aromatic nitrogens is 1. The Kier molecular flexibility index (Phi) is 2.86. The molecule has 0 aliphatic rings. The van der Waals surface area contributed by atoms with E-state index in [2.05, 4.69) is 10.3 Å². The highest BCUT2D eigenvalue weighted by molar-refractivity contribution is 5.84. The number of aromatic carboxylic acids is 1. The van der Waals surface area contributed by atoms with Gasteiger partial charge in [0, 0.05) is 5.69 Å². The van der Waals surface area contributed by atoms with E-state index in [1.54, 1.807) is 0 Å². The number of para-hydroxylation sites is 1. The number of rotatable bonds is 4. The number of hydrogen-bond acceptors (Lipinski definition) is 4. The Hall–Kier alpha value is -2.30. The zero-order valence-electron chi connectivity index (χ0n) is 8.38. The van der Waals surface area contributed by atoms with Gasteiger partial charge in [-0.05, 0) is 12.1 Å². The number of nitrogens with zero attached hydrogens (tertiary/aromatic N) is 1. The molecule has 82 valence electrons. The van der Waals surface area contributed by atoms with Crippen LogP contribution in [0.25, 0.3) is 0 Å². The topological polar surface area (TPSA) is 75.4 Å². The molecule has 2 aromatic rings. The molecule has 0 unspecified atom stereocenters. The number of carbonyl (C=O) groups is 1. The second-order valence-corrected chi connectivity index (χ2v) is 3.15. The lowest BCUT2D eigenvalue weighted by atomic mass is 10.3. The SMILES string of the molecule is O=C(O)c1coc(CNc2ccccc2)n1. The second kappa shape index (κ2) is 4.48. The van der Waals surface area contributed by atoms with Crippen LogP contribution in [0, 0.1) is 0 Å². The van der Waals surface area contributed by atoms with E-state index >= 15 is 0 Å². The zero-order chi connectivity index (χ0) is 11.4. The van der Waals surface area contributed by atoms with Crippen molar-refractivity contribution >= 4 is 11.7 Å². The third-order valence-electron chi connectivity index (χ3n) is 1.99. The molecule has 1 aromatic heterocycles. The molecule has 0 aliphatic heterocycles. The standard InChI is InChI=1S/C11H10N2O3/c14-11(15)9-7-16-10(13-9)6-12-8-4-2-1-3-5-8/h1-5,7,12H,6H2,(H,14,15). The number of hydrogen-bond donors (Lipinski definition) is 2. The van der Waals surface area contributed by atoms with E-state index in [-0.39, 0.29) is 5.69 Å². The zero-order valence-corrected chi connectivity index (χ0v) is 8.38. The van der Waals surface area contributed by atoms with Gasteiger partial charge in [-0.2, -0.15) is 0 Å². The summed E-state index contributed by atoms with van der Waals surface area (Å²) in [5.74, 6) is -0.740. The molecule has 1 heterocycles. The summed E-state index contributed by atoms with van der Waals surface area (Å²) in [7, 11) is 0. The maximum Gasteiger partial charge on any atom is 0.357 e. The molecule has 0 aliphatic carbocycles. The summed E-state index contributed by atoms with van der Waals surface area (Å²) in [5.41, 5.74) is 0.849. The van der Waals surface area contributed by atoms with Crippen LogP contribution >= 0.6 is 0 Å². The van der Waals surface area contributed by atoms with E-state index in [0.29, 0.717) is 12.4 Å². The Morgan fingerprint density at radius 3 is 2.75 bits per heavy atom. The molecule has 0 atom stereocenters. The maximum absolute atomic E-state index is 10.5. The lowest BCUT2D eigenvalue weighted by Gasteiger charge is -2.01. The fourth-order valence-corrected chi connectivity index (χ4v) is 1.22. The van der Waals surface area contributed by atoms with Crippen LogP contribution in [0.1, 0.15) is 16.4 Å². The van der Waals surface area contributed by atoms with E-state index in [9.17, 15) is 4.79 Å². The molecular weight excluding hydrogens is 208 g/mol. The van der Waals surface area contributed by atoms with Crippen molar-refractivity contribution in [1.29, 1.82) is 0 Å². The first kappa shape index (κ1) is 10.2. The maximum atomic E-state index is 10.5. The predicted octanol–water partition coefficient (Wildman–Crippen LogP) is 1.98. The quantitative estimate of drug-likeness (QED) is 0.820. The van der Waals surface area contributed by atoms with Crippen LogP contribution in [-0.4, -0.2) is 16.1 Å². The molecule has 0 radical (unpaired) electrons. The average molecular weight is 218 g/mol. The first-order valence-electron chi connectivity index (χ1n) is 4.72. The van der Waals surface area contributed by atoms with Crippen LogP contribution in [-0.2, 0) is 6.54 Å². The smallest absolute Gasteiger partial charge is 0.357 e. The number of carboxylic acids is 1. The summed E-state index contributed by atoms with van der Waals surface area (Å²) in [5, 5.41) is 11.7. The van der Waals surface area contributed by atoms with Crippen LogP contribution in [0.4, 0.5) is 5.69 Å². The van der Waals surface area contributed by atoms with E-state index in [1.807, 2.05) is 30.3 Å². The third-order valence-corrected chi connectivity index (χ3v) is 1.99. The minimum Gasteiger partial charge on any atom is -0.476 e. The van der Waals surface area contributed by atoms with E-state index in [4.69, 9.17) is 9.52 Å². The summed E-state index contributed by atoms with van der Waals surface area (Å²) < 4.78 is 4.99. The number of carboxylic acid groups (broad SMARTS) is 1. The van der Waals surface area contributed by atoms with Crippen LogP contribution < -0.4 is 5.32 Å². The minimum absolute atomic E-state index is 0.0788. The highest BCUT2D eigenvalue weighted by atomic mass is 16.4. The Labute approximate surface area is 91.7 Å². The number of oxazole rings is 1. The van der Waals surface area contributed by atoms with Gasteiger partial charge in [0.2, 0.25) is 5.89 Å². The van der Waals surface area contributed by atoms with Gasteiger partial charge in [0.1, 0.15) is 6.26 Å². The molecule has 0 spiro atoms. The van der Waals surface area contributed by atoms with Crippen molar-refractivity contribution in [1.82, 2.24) is 4.98 Å². The number of anilines is 1. The lowest BCUT2D eigenvalue weighted by molar-refractivity contribution is 0.0690. The van der Waals surface area contributed by atoms with E-state index < -0.39 is 5.97 Å². The first-order valence-corrected chi connectivity index (χ1v) is 4.72. The van der Waals surface area contributed by atoms with Crippen molar-refractivity contribution in [3.8, 4) is 0 Å². The van der Waals surface area contributed by atoms with Gasteiger partial charge in [0.05, 0.1) is 6.54 Å². The van der Waals surface area contributed by atoms with Gasteiger partial charge in [-0.15, -0.1) is 0 Å². The monoisotopic (exact) mass is 218 g/mol. The fourth-order valence-electron chi connectivity index (χ4n) is 1.22. The third kappa shape index (κ3) is 2.38. The molecule has 5 heteroatoms. The molecule has 16 heavy (non-hydrogen) atoms. The molecule has 0 saturated heterocycles. The van der Waals surface area contributed by atoms with Crippen molar-refractivity contribution in [2.75, 3.05) is 5.32 Å². The minimum atomic E-state index is -1.09. The molecule has 2 N–H and O–H groups in total. The Morgan fingerprint density at radius 1 is 1.38 bits per heavy atom. The molecule has 1 aromatic carbocycles. The van der Waals surface area contributed by atoms with Crippen molar-refractivity contribution in [3.05, 3.63) is 48.2 Å². The molecule has 0 bridgehead atoms. The second-order valence-electron chi connectivity index (χ2n) is 3.15. The summed E-state index contributed by atoms with van der Waals surface area (Å²) >= 11 is 0. The molecule has 0 saturated carbocycles. The van der Waals surface area contributed by atoms with Gasteiger partial charge in [-0.25, -0.2) is 9.78 Å². The normalized spacial score (nSPS) is 10.0.